The normalized spacial score (nSPS) is 12.8. The number of anilines is 2. The zero-order chi connectivity index (χ0) is 24.0. The number of halogens is 1. The number of carbonyl (C=O) groups is 1. The Morgan fingerprint density at radius 2 is 2.03 bits per heavy atom. The maximum atomic E-state index is 13.1. The molecule has 4 aromatic rings. The third-order valence-electron chi connectivity index (χ3n) is 6.10. The van der Waals surface area contributed by atoms with Gasteiger partial charge in [-0.3, -0.25) is 9.78 Å². The standard InChI is InChI=1S/C25H22ClN5O3/c1-2-4-14-7-23(27)29-10-22(14)31-12-17(25(33)34)24(32)16-8-18(26)21(9-20(16)31)30-11-15-5-3-6-28-19(15)13-30/h3,5-10,12H,2,4,11,13H2,1H3,(H2,27,29)(H,33,34). The summed E-state index contributed by atoms with van der Waals surface area (Å²) < 4.78 is 1.71. The third kappa shape index (κ3) is 3.66. The summed E-state index contributed by atoms with van der Waals surface area (Å²) in [4.78, 5) is 35.7. The number of carboxylic acid groups (broad SMARTS) is 1. The van der Waals surface area contributed by atoms with Gasteiger partial charge >= 0.3 is 5.97 Å². The van der Waals surface area contributed by atoms with Gasteiger partial charge in [0.25, 0.3) is 0 Å². The highest BCUT2D eigenvalue weighted by Gasteiger charge is 2.24. The van der Waals surface area contributed by atoms with Crippen molar-refractivity contribution in [3.8, 4) is 5.69 Å². The van der Waals surface area contributed by atoms with E-state index in [-0.39, 0.29) is 10.9 Å². The SMILES string of the molecule is CCCc1cc(N)ncc1-n1cc(C(=O)O)c(=O)c2cc(Cl)c(N3Cc4cccnc4C3)cc21. The molecule has 0 bridgehead atoms. The summed E-state index contributed by atoms with van der Waals surface area (Å²) in [5, 5.41) is 10.3. The molecule has 5 rings (SSSR count). The van der Waals surface area contributed by atoms with Crippen LogP contribution >= 0.6 is 11.6 Å². The van der Waals surface area contributed by atoms with E-state index in [4.69, 9.17) is 17.3 Å². The van der Waals surface area contributed by atoms with E-state index in [9.17, 15) is 14.7 Å². The summed E-state index contributed by atoms with van der Waals surface area (Å²) in [6.45, 7) is 3.27. The molecule has 4 heterocycles. The van der Waals surface area contributed by atoms with Crippen LogP contribution in [0.3, 0.4) is 0 Å². The van der Waals surface area contributed by atoms with E-state index >= 15 is 0 Å². The molecule has 0 atom stereocenters. The van der Waals surface area contributed by atoms with Crippen LogP contribution in [0.1, 0.15) is 40.5 Å². The van der Waals surface area contributed by atoms with Gasteiger partial charge in [0.05, 0.1) is 40.3 Å². The van der Waals surface area contributed by atoms with Crippen molar-refractivity contribution in [2.75, 3.05) is 10.6 Å². The maximum Gasteiger partial charge on any atom is 0.341 e. The van der Waals surface area contributed by atoms with E-state index in [0.29, 0.717) is 41.6 Å². The number of hydrogen-bond donors (Lipinski definition) is 2. The summed E-state index contributed by atoms with van der Waals surface area (Å²) in [5.41, 5.74) is 9.95. The van der Waals surface area contributed by atoms with Crippen molar-refractivity contribution < 1.29 is 9.90 Å². The Labute approximate surface area is 200 Å². The molecular weight excluding hydrogens is 454 g/mol. The van der Waals surface area contributed by atoms with Crippen LogP contribution in [0.2, 0.25) is 5.02 Å². The van der Waals surface area contributed by atoms with Crippen molar-refractivity contribution in [3.05, 3.63) is 86.6 Å². The van der Waals surface area contributed by atoms with Gasteiger partial charge < -0.3 is 20.3 Å². The highest BCUT2D eigenvalue weighted by Crippen LogP contribution is 2.36. The lowest BCUT2D eigenvalue weighted by Crippen LogP contribution is -2.20. The largest absolute Gasteiger partial charge is 0.477 e. The Bertz CT molecular complexity index is 1490. The van der Waals surface area contributed by atoms with Gasteiger partial charge in [0.15, 0.2) is 0 Å². The molecule has 172 valence electrons. The van der Waals surface area contributed by atoms with Crippen molar-refractivity contribution in [1.82, 2.24) is 14.5 Å². The number of aromatic nitrogens is 3. The van der Waals surface area contributed by atoms with Crippen LogP contribution in [-0.2, 0) is 19.5 Å². The van der Waals surface area contributed by atoms with Crippen LogP contribution in [0.15, 0.2) is 53.7 Å². The summed E-state index contributed by atoms with van der Waals surface area (Å²) in [6.07, 6.45) is 6.30. The Morgan fingerprint density at radius 3 is 2.76 bits per heavy atom. The highest BCUT2D eigenvalue weighted by molar-refractivity contribution is 6.34. The monoisotopic (exact) mass is 475 g/mol. The second kappa shape index (κ2) is 8.46. The molecule has 1 aliphatic heterocycles. The lowest BCUT2D eigenvalue weighted by atomic mass is 10.1. The number of carboxylic acids is 1. The number of hydrogen-bond acceptors (Lipinski definition) is 6. The Balaban J connectivity index is 1.77. The molecule has 3 N–H and O–H groups in total. The first-order chi connectivity index (χ1) is 16.4. The number of benzene rings is 1. The average molecular weight is 476 g/mol. The molecule has 0 fully saturated rings. The lowest BCUT2D eigenvalue weighted by Gasteiger charge is -2.22. The van der Waals surface area contributed by atoms with Crippen molar-refractivity contribution in [3.63, 3.8) is 0 Å². The summed E-state index contributed by atoms with van der Waals surface area (Å²) in [7, 11) is 0. The van der Waals surface area contributed by atoms with Crippen LogP contribution in [0.4, 0.5) is 11.5 Å². The zero-order valence-electron chi connectivity index (χ0n) is 18.5. The molecule has 0 amide bonds. The van der Waals surface area contributed by atoms with Gasteiger partial charge in [-0.25, -0.2) is 9.78 Å². The number of aromatic carboxylic acids is 1. The number of nitrogen functional groups attached to an aromatic ring is 1. The predicted octanol–water partition coefficient (Wildman–Crippen LogP) is 4.19. The first-order valence-electron chi connectivity index (χ1n) is 10.9. The number of fused-ring (bicyclic) bond motifs is 2. The van der Waals surface area contributed by atoms with E-state index in [0.717, 1.165) is 28.9 Å². The van der Waals surface area contributed by atoms with Gasteiger partial charge in [0, 0.05) is 24.3 Å². The first kappa shape index (κ1) is 21.9. The zero-order valence-corrected chi connectivity index (χ0v) is 19.2. The molecule has 0 aliphatic carbocycles. The quantitative estimate of drug-likeness (QED) is 0.444. The molecule has 0 saturated carbocycles. The first-order valence-corrected chi connectivity index (χ1v) is 11.3. The molecule has 1 aromatic carbocycles. The highest BCUT2D eigenvalue weighted by atomic mass is 35.5. The summed E-state index contributed by atoms with van der Waals surface area (Å²) >= 11 is 6.64. The molecule has 0 unspecified atom stereocenters. The molecular formula is C25H22ClN5O3. The fourth-order valence-electron chi connectivity index (χ4n) is 4.49. The van der Waals surface area contributed by atoms with E-state index in [2.05, 4.69) is 14.9 Å². The van der Waals surface area contributed by atoms with Crippen molar-refractivity contribution in [2.24, 2.45) is 0 Å². The van der Waals surface area contributed by atoms with Gasteiger partial charge in [-0.1, -0.05) is 31.0 Å². The maximum absolute atomic E-state index is 13.1. The van der Waals surface area contributed by atoms with Gasteiger partial charge in [0.1, 0.15) is 11.4 Å². The fraction of sp³-hybridized carbons (Fsp3) is 0.200. The second-order valence-electron chi connectivity index (χ2n) is 8.32. The van der Waals surface area contributed by atoms with E-state index in [1.807, 2.05) is 25.1 Å². The summed E-state index contributed by atoms with van der Waals surface area (Å²) in [5.74, 6) is -0.926. The van der Waals surface area contributed by atoms with Crippen LogP contribution in [0.5, 0.6) is 0 Å². The lowest BCUT2D eigenvalue weighted by molar-refractivity contribution is 0.0695. The fourth-order valence-corrected chi connectivity index (χ4v) is 4.78. The van der Waals surface area contributed by atoms with E-state index in [1.165, 1.54) is 6.20 Å². The molecule has 3 aromatic heterocycles. The molecule has 0 spiro atoms. The topological polar surface area (TPSA) is 114 Å². The van der Waals surface area contributed by atoms with Crippen LogP contribution in [-0.4, -0.2) is 25.6 Å². The predicted molar refractivity (Wildman–Crippen MR) is 132 cm³/mol. The smallest absolute Gasteiger partial charge is 0.341 e. The minimum Gasteiger partial charge on any atom is -0.477 e. The molecule has 8 nitrogen and oxygen atoms in total. The van der Waals surface area contributed by atoms with Gasteiger partial charge in [-0.15, -0.1) is 0 Å². The van der Waals surface area contributed by atoms with Gasteiger partial charge in [0.2, 0.25) is 5.43 Å². The van der Waals surface area contributed by atoms with Gasteiger partial charge in [-0.05, 0) is 41.8 Å². The number of pyridine rings is 3. The molecule has 34 heavy (non-hydrogen) atoms. The van der Waals surface area contributed by atoms with E-state index in [1.54, 1.807) is 29.1 Å². The summed E-state index contributed by atoms with van der Waals surface area (Å²) in [6, 6.07) is 9.10. The number of nitrogens with two attached hydrogens (primary N) is 1. The number of nitrogens with zero attached hydrogens (tertiary/aromatic N) is 4. The van der Waals surface area contributed by atoms with Crippen LogP contribution in [0.25, 0.3) is 16.6 Å². The molecule has 9 heteroatoms. The van der Waals surface area contributed by atoms with E-state index < -0.39 is 11.4 Å². The number of rotatable bonds is 5. The van der Waals surface area contributed by atoms with Crippen molar-refractivity contribution in [1.29, 1.82) is 0 Å². The van der Waals surface area contributed by atoms with Crippen molar-refractivity contribution >= 4 is 40.0 Å². The molecule has 0 radical (unpaired) electrons. The minimum absolute atomic E-state index is 0.225. The van der Waals surface area contributed by atoms with Crippen LogP contribution in [0, 0.1) is 0 Å². The van der Waals surface area contributed by atoms with Crippen LogP contribution < -0.4 is 16.1 Å². The van der Waals surface area contributed by atoms with Gasteiger partial charge in [-0.2, -0.15) is 0 Å². The second-order valence-corrected chi connectivity index (χ2v) is 8.73. The average Bonchev–Trinajstić information content (AvgIpc) is 3.24. The Kier molecular flexibility index (Phi) is 5.45. The molecule has 1 aliphatic rings. The molecule has 0 saturated heterocycles. The third-order valence-corrected chi connectivity index (χ3v) is 6.40. The minimum atomic E-state index is -1.30. The number of aryl methyl sites for hydroxylation is 1. The Morgan fingerprint density at radius 1 is 1.21 bits per heavy atom. The van der Waals surface area contributed by atoms with Crippen molar-refractivity contribution in [2.45, 2.75) is 32.9 Å². The Hall–Kier alpha value is -3.91.